The van der Waals surface area contributed by atoms with Gasteiger partial charge in [-0.05, 0) is 46.1 Å². The fourth-order valence-electron chi connectivity index (χ4n) is 2.60. The molecule has 0 heterocycles. The Balaban J connectivity index is 1.79. The molecule has 0 aliphatic heterocycles. The maximum Gasteiger partial charge on any atom is 0.196 e. The summed E-state index contributed by atoms with van der Waals surface area (Å²) in [5.74, 6) is 0.747. The molecule has 0 bridgehead atoms. The molecule has 4 heteroatoms. The third-order valence-electron chi connectivity index (χ3n) is 4.04. The third kappa shape index (κ3) is 5.20. The highest BCUT2D eigenvalue weighted by atomic mass is 79.9. The molecule has 2 N–H and O–H groups in total. The molecule has 0 amide bonds. The highest BCUT2D eigenvalue weighted by Crippen LogP contribution is 2.21. The van der Waals surface area contributed by atoms with Gasteiger partial charge in [0.25, 0.3) is 0 Å². The summed E-state index contributed by atoms with van der Waals surface area (Å²) in [7, 11) is 0. The van der Waals surface area contributed by atoms with E-state index in [2.05, 4.69) is 69.9 Å². The van der Waals surface area contributed by atoms with E-state index in [4.69, 9.17) is 4.99 Å². The molecule has 3 aromatic rings. The summed E-state index contributed by atoms with van der Waals surface area (Å²) < 4.78 is 1.00. The Labute approximate surface area is 163 Å². The van der Waals surface area contributed by atoms with Crippen molar-refractivity contribution in [2.45, 2.75) is 19.5 Å². The van der Waals surface area contributed by atoms with Gasteiger partial charge in [-0.25, -0.2) is 4.99 Å². The monoisotopic (exact) mass is 407 g/mol. The lowest BCUT2D eigenvalue weighted by Crippen LogP contribution is -2.33. The van der Waals surface area contributed by atoms with Crippen molar-refractivity contribution in [1.29, 1.82) is 0 Å². The first-order valence-corrected chi connectivity index (χ1v) is 9.43. The summed E-state index contributed by atoms with van der Waals surface area (Å²) in [5.41, 5.74) is 3.37. The zero-order valence-corrected chi connectivity index (χ0v) is 16.3. The van der Waals surface area contributed by atoms with Crippen LogP contribution in [0.4, 0.5) is 5.69 Å². The normalized spacial score (nSPS) is 12.5. The number of guanidine groups is 1. The van der Waals surface area contributed by atoms with Crippen LogP contribution in [0.5, 0.6) is 0 Å². The van der Waals surface area contributed by atoms with Crippen LogP contribution >= 0.6 is 15.9 Å². The minimum absolute atomic E-state index is 0.140. The predicted octanol–water partition coefficient (Wildman–Crippen LogP) is 5.77. The summed E-state index contributed by atoms with van der Waals surface area (Å²) in [6, 6.07) is 28.8. The average molecular weight is 408 g/mol. The van der Waals surface area contributed by atoms with Crippen LogP contribution in [0.25, 0.3) is 0 Å². The van der Waals surface area contributed by atoms with Gasteiger partial charge in [-0.15, -0.1) is 0 Å². The molecule has 26 heavy (non-hydrogen) atoms. The summed E-state index contributed by atoms with van der Waals surface area (Å²) in [6.07, 6.45) is 0. The molecule has 0 unspecified atom stereocenters. The summed E-state index contributed by atoms with van der Waals surface area (Å²) >= 11 is 3.59. The smallest absolute Gasteiger partial charge is 0.196 e. The van der Waals surface area contributed by atoms with E-state index in [9.17, 15) is 0 Å². The van der Waals surface area contributed by atoms with Gasteiger partial charge in [0.2, 0.25) is 0 Å². The second-order valence-corrected chi connectivity index (χ2v) is 6.89. The molecule has 0 aliphatic carbocycles. The SMILES string of the molecule is C[C@H](NC(=NCc1ccccc1)Nc1ccccc1Br)c1ccccc1. The summed E-state index contributed by atoms with van der Waals surface area (Å²) in [6.45, 7) is 2.75. The number of rotatable bonds is 5. The van der Waals surface area contributed by atoms with E-state index >= 15 is 0 Å². The van der Waals surface area contributed by atoms with Crippen LogP contribution < -0.4 is 10.6 Å². The molecule has 1 atom stereocenters. The summed E-state index contributed by atoms with van der Waals surface area (Å²) in [4.78, 5) is 4.77. The van der Waals surface area contributed by atoms with Crippen molar-refractivity contribution in [3.63, 3.8) is 0 Å². The van der Waals surface area contributed by atoms with E-state index in [1.165, 1.54) is 11.1 Å². The van der Waals surface area contributed by atoms with Crippen LogP contribution in [0, 0.1) is 0 Å². The highest BCUT2D eigenvalue weighted by Gasteiger charge is 2.09. The number of aliphatic imine (C=N–C) groups is 1. The van der Waals surface area contributed by atoms with Crippen LogP contribution in [0.3, 0.4) is 0 Å². The number of benzene rings is 3. The number of nitrogens with zero attached hydrogens (tertiary/aromatic N) is 1. The largest absolute Gasteiger partial charge is 0.350 e. The zero-order valence-electron chi connectivity index (χ0n) is 14.7. The topological polar surface area (TPSA) is 36.4 Å². The molecule has 0 aliphatic rings. The average Bonchev–Trinajstić information content (AvgIpc) is 2.69. The second kappa shape index (κ2) is 9.20. The quantitative estimate of drug-likeness (QED) is 0.416. The molecule has 0 aromatic heterocycles. The molecular formula is C22H22BrN3. The zero-order chi connectivity index (χ0) is 18.2. The highest BCUT2D eigenvalue weighted by molar-refractivity contribution is 9.10. The minimum atomic E-state index is 0.140. The molecule has 0 spiro atoms. The van der Waals surface area contributed by atoms with Gasteiger partial charge in [0.15, 0.2) is 5.96 Å². The lowest BCUT2D eigenvalue weighted by atomic mass is 10.1. The van der Waals surface area contributed by atoms with E-state index in [1.807, 2.05) is 48.5 Å². The lowest BCUT2D eigenvalue weighted by Gasteiger charge is -2.19. The first-order chi connectivity index (χ1) is 12.7. The van der Waals surface area contributed by atoms with Gasteiger partial charge in [0, 0.05) is 4.47 Å². The van der Waals surface area contributed by atoms with Crippen molar-refractivity contribution in [2.75, 3.05) is 5.32 Å². The Morgan fingerprint density at radius 2 is 1.50 bits per heavy atom. The fourth-order valence-corrected chi connectivity index (χ4v) is 2.98. The fraction of sp³-hybridized carbons (Fsp3) is 0.136. The Morgan fingerprint density at radius 3 is 2.19 bits per heavy atom. The Hall–Kier alpha value is -2.59. The molecule has 0 saturated carbocycles. The molecule has 3 rings (SSSR count). The van der Waals surface area contributed by atoms with E-state index in [-0.39, 0.29) is 6.04 Å². The van der Waals surface area contributed by atoms with Crippen molar-refractivity contribution in [3.05, 3.63) is 101 Å². The van der Waals surface area contributed by atoms with Crippen LogP contribution in [-0.4, -0.2) is 5.96 Å². The van der Waals surface area contributed by atoms with Crippen molar-refractivity contribution in [1.82, 2.24) is 5.32 Å². The van der Waals surface area contributed by atoms with Crippen molar-refractivity contribution < 1.29 is 0 Å². The van der Waals surface area contributed by atoms with E-state index in [0.717, 1.165) is 16.1 Å². The Morgan fingerprint density at radius 1 is 0.885 bits per heavy atom. The van der Waals surface area contributed by atoms with Crippen LogP contribution in [-0.2, 0) is 6.54 Å². The number of para-hydroxylation sites is 1. The molecular weight excluding hydrogens is 386 g/mol. The van der Waals surface area contributed by atoms with Gasteiger partial charge in [-0.2, -0.15) is 0 Å². The number of anilines is 1. The molecule has 132 valence electrons. The molecule has 0 radical (unpaired) electrons. The first kappa shape index (κ1) is 18.2. The predicted molar refractivity (Wildman–Crippen MR) is 113 cm³/mol. The minimum Gasteiger partial charge on any atom is -0.350 e. The van der Waals surface area contributed by atoms with Gasteiger partial charge in [0.05, 0.1) is 18.3 Å². The summed E-state index contributed by atoms with van der Waals surface area (Å²) in [5, 5.41) is 6.91. The maximum absolute atomic E-state index is 4.77. The standard InChI is InChI=1S/C22H22BrN3/c1-17(19-12-6-3-7-13-19)25-22(24-16-18-10-4-2-5-11-18)26-21-15-9-8-14-20(21)23/h2-15,17H,16H2,1H3,(H2,24,25,26)/t17-/m0/s1. The molecule has 3 aromatic carbocycles. The van der Waals surface area contributed by atoms with Crippen LogP contribution in [0.1, 0.15) is 24.1 Å². The van der Waals surface area contributed by atoms with Crippen molar-refractivity contribution >= 4 is 27.6 Å². The number of halogens is 1. The maximum atomic E-state index is 4.77. The Bertz CT molecular complexity index is 848. The molecule has 0 fully saturated rings. The molecule has 0 saturated heterocycles. The van der Waals surface area contributed by atoms with Crippen LogP contribution in [0.2, 0.25) is 0 Å². The van der Waals surface area contributed by atoms with Crippen molar-refractivity contribution in [2.24, 2.45) is 4.99 Å². The lowest BCUT2D eigenvalue weighted by molar-refractivity contribution is 0.711. The van der Waals surface area contributed by atoms with E-state index in [0.29, 0.717) is 6.54 Å². The third-order valence-corrected chi connectivity index (χ3v) is 4.73. The van der Waals surface area contributed by atoms with E-state index < -0.39 is 0 Å². The second-order valence-electron chi connectivity index (χ2n) is 6.03. The Kier molecular flexibility index (Phi) is 6.45. The first-order valence-electron chi connectivity index (χ1n) is 8.64. The number of hydrogen-bond acceptors (Lipinski definition) is 1. The van der Waals surface area contributed by atoms with Gasteiger partial charge in [-0.1, -0.05) is 72.8 Å². The van der Waals surface area contributed by atoms with E-state index in [1.54, 1.807) is 0 Å². The van der Waals surface area contributed by atoms with Gasteiger partial charge in [-0.3, -0.25) is 0 Å². The van der Waals surface area contributed by atoms with Gasteiger partial charge in [0.1, 0.15) is 0 Å². The van der Waals surface area contributed by atoms with Crippen LogP contribution in [0.15, 0.2) is 94.4 Å². The van der Waals surface area contributed by atoms with Gasteiger partial charge >= 0.3 is 0 Å². The number of nitrogens with one attached hydrogen (secondary N) is 2. The van der Waals surface area contributed by atoms with Gasteiger partial charge < -0.3 is 10.6 Å². The van der Waals surface area contributed by atoms with Crippen molar-refractivity contribution in [3.8, 4) is 0 Å². The number of hydrogen-bond donors (Lipinski definition) is 2. The molecule has 3 nitrogen and oxygen atoms in total.